The molecule has 2 N–H and O–H groups in total. The predicted octanol–water partition coefficient (Wildman–Crippen LogP) is 0.840. The first kappa shape index (κ1) is 10.5. The molecule has 1 rings (SSSR count). The molecule has 1 saturated heterocycles. The van der Waals surface area contributed by atoms with Gasteiger partial charge in [-0.2, -0.15) is 0 Å². The van der Waals surface area contributed by atoms with Gasteiger partial charge in [-0.25, -0.2) is 0 Å². The molecule has 0 aromatic heterocycles. The molecule has 0 saturated carbocycles. The Morgan fingerprint density at radius 1 is 1.62 bits per heavy atom. The van der Waals surface area contributed by atoms with E-state index < -0.39 is 0 Å². The Kier molecular flexibility index (Phi) is 2.96. The smallest absolute Gasteiger partial charge is 0.225 e. The highest BCUT2D eigenvalue weighted by Gasteiger charge is 2.31. The minimum absolute atomic E-state index is 0.0553. The molecule has 0 spiro atoms. The lowest BCUT2D eigenvalue weighted by atomic mass is 9.93. The molecule has 76 valence electrons. The Bertz CT molecular complexity index is 201. The van der Waals surface area contributed by atoms with Gasteiger partial charge in [0, 0.05) is 19.0 Å². The molecule has 0 bridgehead atoms. The maximum atomic E-state index is 11.6. The molecule has 1 aliphatic rings. The molecule has 1 fully saturated rings. The monoisotopic (exact) mass is 184 g/mol. The number of hydrogen-bond acceptors (Lipinski definition) is 2. The standard InChI is InChI=1S/C10H20N2O/c1-8-4-5-12(9(8)13)7-10(2,3)6-11/h8H,4-7,11H2,1-3H3. The Morgan fingerprint density at radius 3 is 2.62 bits per heavy atom. The van der Waals surface area contributed by atoms with Gasteiger partial charge in [-0.15, -0.1) is 0 Å². The zero-order chi connectivity index (χ0) is 10.1. The molecular weight excluding hydrogens is 164 g/mol. The van der Waals surface area contributed by atoms with E-state index in [0.29, 0.717) is 12.5 Å². The quantitative estimate of drug-likeness (QED) is 0.706. The topological polar surface area (TPSA) is 46.3 Å². The lowest BCUT2D eigenvalue weighted by molar-refractivity contribution is -0.131. The maximum Gasteiger partial charge on any atom is 0.225 e. The van der Waals surface area contributed by atoms with Gasteiger partial charge in [0.05, 0.1) is 0 Å². The van der Waals surface area contributed by atoms with Gasteiger partial charge in [0.1, 0.15) is 0 Å². The van der Waals surface area contributed by atoms with Gasteiger partial charge in [-0.05, 0) is 18.4 Å². The van der Waals surface area contributed by atoms with E-state index in [9.17, 15) is 4.79 Å². The van der Waals surface area contributed by atoms with Crippen molar-refractivity contribution < 1.29 is 4.79 Å². The zero-order valence-corrected chi connectivity index (χ0v) is 8.84. The van der Waals surface area contributed by atoms with Crippen LogP contribution in [0.15, 0.2) is 0 Å². The molecule has 1 aliphatic heterocycles. The van der Waals surface area contributed by atoms with Gasteiger partial charge in [-0.3, -0.25) is 4.79 Å². The van der Waals surface area contributed by atoms with E-state index in [1.807, 2.05) is 11.8 Å². The van der Waals surface area contributed by atoms with Gasteiger partial charge in [0.2, 0.25) is 5.91 Å². The van der Waals surface area contributed by atoms with Crippen molar-refractivity contribution in [2.24, 2.45) is 17.1 Å². The number of nitrogens with zero attached hydrogens (tertiary/aromatic N) is 1. The first-order valence-corrected chi connectivity index (χ1v) is 4.95. The molecule has 0 radical (unpaired) electrons. The van der Waals surface area contributed by atoms with E-state index in [-0.39, 0.29) is 11.3 Å². The van der Waals surface area contributed by atoms with Crippen molar-refractivity contribution >= 4 is 5.91 Å². The average molecular weight is 184 g/mol. The second-order valence-electron chi connectivity index (χ2n) is 4.82. The number of carbonyl (C=O) groups is 1. The molecule has 0 aromatic rings. The van der Waals surface area contributed by atoms with Gasteiger partial charge < -0.3 is 10.6 Å². The molecule has 0 aromatic carbocycles. The van der Waals surface area contributed by atoms with Crippen molar-refractivity contribution in [1.82, 2.24) is 4.90 Å². The summed E-state index contributed by atoms with van der Waals surface area (Å²) in [7, 11) is 0. The molecule has 1 atom stereocenters. The number of likely N-dealkylation sites (tertiary alicyclic amines) is 1. The first-order valence-electron chi connectivity index (χ1n) is 4.95. The van der Waals surface area contributed by atoms with Crippen molar-refractivity contribution in [1.29, 1.82) is 0 Å². The number of amides is 1. The fraction of sp³-hybridized carbons (Fsp3) is 0.900. The Morgan fingerprint density at radius 2 is 2.23 bits per heavy atom. The lowest BCUT2D eigenvalue weighted by Crippen LogP contribution is -2.39. The van der Waals surface area contributed by atoms with Crippen LogP contribution in [-0.4, -0.2) is 30.4 Å². The summed E-state index contributed by atoms with van der Waals surface area (Å²) in [5.41, 5.74) is 5.68. The van der Waals surface area contributed by atoms with Crippen molar-refractivity contribution in [3.8, 4) is 0 Å². The van der Waals surface area contributed by atoms with Crippen LogP contribution in [0.4, 0.5) is 0 Å². The summed E-state index contributed by atoms with van der Waals surface area (Å²) in [6.45, 7) is 8.53. The van der Waals surface area contributed by atoms with Crippen LogP contribution in [0.1, 0.15) is 27.2 Å². The van der Waals surface area contributed by atoms with Crippen LogP contribution in [0.5, 0.6) is 0 Å². The summed E-state index contributed by atoms with van der Waals surface area (Å²) in [5.74, 6) is 0.509. The fourth-order valence-electron chi connectivity index (χ4n) is 1.63. The normalized spacial score (nSPS) is 24.2. The van der Waals surface area contributed by atoms with Crippen molar-refractivity contribution in [2.45, 2.75) is 27.2 Å². The van der Waals surface area contributed by atoms with Crippen molar-refractivity contribution in [3.05, 3.63) is 0 Å². The second-order valence-corrected chi connectivity index (χ2v) is 4.82. The summed E-state index contributed by atoms with van der Waals surface area (Å²) < 4.78 is 0. The molecule has 1 unspecified atom stereocenters. The molecule has 1 heterocycles. The largest absolute Gasteiger partial charge is 0.342 e. The third-order valence-electron chi connectivity index (χ3n) is 2.74. The Balaban J connectivity index is 2.51. The molecule has 13 heavy (non-hydrogen) atoms. The SMILES string of the molecule is CC1CCN(CC(C)(C)CN)C1=O. The third-order valence-corrected chi connectivity index (χ3v) is 2.74. The lowest BCUT2D eigenvalue weighted by Gasteiger charge is -2.28. The first-order chi connectivity index (χ1) is 5.96. The molecule has 0 aliphatic carbocycles. The van der Waals surface area contributed by atoms with Gasteiger partial charge >= 0.3 is 0 Å². The molecule has 1 amide bonds. The van der Waals surface area contributed by atoms with Crippen molar-refractivity contribution in [3.63, 3.8) is 0 Å². The second kappa shape index (κ2) is 3.66. The minimum atomic E-state index is 0.0553. The summed E-state index contributed by atoms with van der Waals surface area (Å²) in [4.78, 5) is 13.5. The van der Waals surface area contributed by atoms with Crippen LogP contribution in [0.2, 0.25) is 0 Å². The van der Waals surface area contributed by atoms with E-state index in [0.717, 1.165) is 19.5 Å². The van der Waals surface area contributed by atoms with Gasteiger partial charge in [-0.1, -0.05) is 20.8 Å². The fourth-order valence-corrected chi connectivity index (χ4v) is 1.63. The highest BCUT2D eigenvalue weighted by Crippen LogP contribution is 2.22. The maximum absolute atomic E-state index is 11.6. The van der Waals surface area contributed by atoms with E-state index in [1.54, 1.807) is 0 Å². The van der Waals surface area contributed by atoms with Crippen LogP contribution in [0.25, 0.3) is 0 Å². The number of carbonyl (C=O) groups excluding carboxylic acids is 1. The Hall–Kier alpha value is -0.570. The highest BCUT2D eigenvalue weighted by molar-refractivity contribution is 5.80. The van der Waals surface area contributed by atoms with Crippen LogP contribution in [0.3, 0.4) is 0 Å². The molecule has 3 nitrogen and oxygen atoms in total. The molecule has 3 heteroatoms. The predicted molar refractivity (Wildman–Crippen MR) is 53.2 cm³/mol. The van der Waals surface area contributed by atoms with E-state index in [2.05, 4.69) is 13.8 Å². The van der Waals surface area contributed by atoms with Gasteiger partial charge in [0.25, 0.3) is 0 Å². The number of nitrogens with two attached hydrogens (primary N) is 1. The van der Waals surface area contributed by atoms with E-state index >= 15 is 0 Å². The average Bonchev–Trinajstić information content (AvgIpc) is 2.36. The van der Waals surface area contributed by atoms with Crippen LogP contribution in [-0.2, 0) is 4.79 Å². The minimum Gasteiger partial charge on any atom is -0.342 e. The summed E-state index contributed by atoms with van der Waals surface area (Å²) in [6, 6.07) is 0. The van der Waals surface area contributed by atoms with Crippen LogP contribution < -0.4 is 5.73 Å². The number of rotatable bonds is 3. The summed E-state index contributed by atoms with van der Waals surface area (Å²) in [6.07, 6.45) is 0.999. The summed E-state index contributed by atoms with van der Waals surface area (Å²) in [5, 5.41) is 0. The van der Waals surface area contributed by atoms with Crippen LogP contribution in [0, 0.1) is 11.3 Å². The van der Waals surface area contributed by atoms with Gasteiger partial charge in [0.15, 0.2) is 0 Å². The highest BCUT2D eigenvalue weighted by atomic mass is 16.2. The molecular formula is C10H20N2O. The van der Waals surface area contributed by atoms with E-state index in [4.69, 9.17) is 5.73 Å². The Labute approximate surface area is 80.3 Å². The third kappa shape index (κ3) is 2.44. The van der Waals surface area contributed by atoms with E-state index in [1.165, 1.54) is 0 Å². The zero-order valence-electron chi connectivity index (χ0n) is 8.84. The summed E-state index contributed by atoms with van der Waals surface area (Å²) >= 11 is 0. The number of hydrogen-bond donors (Lipinski definition) is 1. The van der Waals surface area contributed by atoms with Crippen molar-refractivity contribution in [2.75, 3.05) is 19.6 Å². The van der Waals surface area contributed by atoms with Crippen LogP contribution >= 0.6 is 0 Å².